The third-order valence-corrected chi connectivity index (χ3v) is 5.92. The van der Waals surface area contributed by atoms with Gasteiger partial charge in [0.1, 0.15) is 6.61 Å². The maximum atomic E-state index is 12.5. The third kappa shape index (κ3) is 4.22. The summed E-state index contributed by atoms with van der Waals surface area (Å²) in [5.74, 6) is 1.46. The van der Waals surface area contributed by atoms with E-state index < -0.39 is 0 Å². The molecule has 162 valence electrons. The number of para-hydroxylation sites is 1. The summed E-state index contributed by atoms with van der Waals surface area (Å²) in [7, 11) is 1.66. The van der Waals surface area contributed by atoms with E-state index in [4.69, 9.17) is 9.47 Å². The molecule has 6 nitrogen and oxygen atoms in total. The van der Waals surface area contributed by atoms with Crippen LogP contribution in [-0.2, 0) is 13.0 Å². The first kappa shape index (κ1) is 20.3. The molecule has 6 heteroatoms. The fraction of sp³-hybridized carbons (Fsp3) is 0.231. The Labute approximate surface area is 187 Å². The molecule has 0 fully saturated rings. The molecule has 0 bridgehead atoms. The number of amides is 1. The molecule has 1 N–H and O–H groups in total. The van der Waals surface area contributed by atoms with E-state index in [-0.39, 0.29) is 5.91 Å². The number of fused-ring (bicyclic) bond motifs is 2. The van der Waals surface area contributed by atoms with Gasteiger partial charge in [0, 0.05) is 48.8 Å². The predicted molar refractivity (Wildman–Crippen MR) is 124 cm³/mol. The van der Waals surface area contributed by atoms with Gasteiger partial charge < -0.3 is 14.8 Å². The number of ether oxygens (including phenoxy) is 2. The minimum Gasteiger partial charge on any atom is -0.493 e. The third-order valence-electron chi connectivity index (χ3n) is 5.92. The van der Waals surface area contributed by atoms with Gasteiger partial charge in [-0.25, -0.2) is 0 Å². The molecule has 0 saturated heterocycles. The standard InChI is InChI=1S/C26H25N3O3/c1-31-24-4-2-3-21-13-18(17-32-25(21)24)15-29-12-9-19-5-6-23(14-22(19)16-29)28-26(30)20-7-10-27-11-8-20/h2-8,10-11,13-14H,9,12,15-17H2,1H3,(H,28,30). The average molecular weight is 428 g/mol. The van der Waals surface area contributed by atoms with E-state index in [1.54, 1.807) is 31.6 Å². The maximum Gasteiger partial charge on any atom is 0.255 e. The normalized spacial score (nSPS) is 15.1. The van der Waals surface area contributed by atoms with E-state index in [2.05, 4.69) is 39.5 Å². The van der Waals surface area contributed by atoms with Crippen molar-refractivity contribution in [2.24, 2.45) is 0 Å². The summed E-state index contributed by atoms with van der Waals surface area (Å²) in [6.45, 7) is 3.26. The molecule has 32 heavy (non-hydrogen) atoms. The monoisotopic (exact) mass is 427 g/mol. The van der Waals surface area contributed by atoms with Gasteiger partial charge in [0.25, 0.3) is 5.91 Å². The Morgan fingerprint density at radius 3 is 2.88 bits per heavy atom. The Bertz CT molecular complexity index is 1170. The number of aromatic nitrogens is 1. The van der Waals surface area contributed by atoms with Crippen molar-refractivity contribution in [1.82, 2.24) is 9.88 Å². The number of carbonyl (C=O) groups excluding carboxylic acids is 1. The number of hydrogen-bond donors (Lipinski definition) is 1. The number of rotatable bonds is 5. The molecule has 0 atom stereocenters. The number of anilines is 1. The first-order chi connectivity index (χ1) is 15.7. The summed E-state index contributed by atoms with van der Waals surface area (Å²) in [6, 6.07) is 15.6. The van der Waals surface area contributed by atoms with Crippen LogP contribution in [0, 0.1) is 0 Å². The first-order valence-electron chi connectivity index (χ1n) is 10.7. The van der Waals surface area contributed by atoms with E-state index in [9.17, 15) is 4.79 Å². The molecule has 0 unspecified atom stereocenters. The average Bonchev–Trinajstić information content (AvgIpc) is 2.84. The number of nitrogens with one attached hydrogen (secondary N) is 1. The summed E-state index contributed by atoms with van der Waals surface area (Å²) < 4.78 is 11.4. The van der Waals surface area contributed by atoms with Crippen LogP contribution in [-0.4, -0.2) is 42.6 Å². The number of hydrogen-bond acceptors (Lipinski definition) is 5. The lowest BCUT2D eigenvalue weighted by atomic mass is 9.98. The van der Waals surface area contributed by atoms with Crippen LogP contribution in [0.2, 0.25) is 0 Å². The quantitative estimate of drug-likeness (QED) is 0.662. The summed E-state index contributed by atoms with van der Waals surface area (Å²) in [4.78, 5) is 18.9. The summed E-state index contributed by atoms with van der Waals surface area (Å²) in [6.07, 6.45) is 6.45. The second kappa shape index (κ2) is 8.85. The lowest BCUT2D eigenvalue weighted by molar-refractivity contribution is 0.102. The van der Waals surface area contributed by atoms with Crippen LogP contribution in [0.1, 0.15) is 27.0 Å². The van der Waals surface area contributed by atoms with Crippen LogP contribution in [0.15, 0.2) is 66.5 Å². The van der Waals surface area contributed by atoms with Crippen LogP contribution >= 0.6 is 0 Å². The minimum atomic E-state index is -0.126. The highest BCUT2D eigenvalue weighted by Crippen LogP contribution is 2.36. The molecular weight excluding hydrogens is 402 g/mol. The lowest BCUT2D eigenvalue weighted by Crippen LogP contribution is -2.33. The highest BCUT2D eigenvalue weighted by molar-refractivity contribution is 6.04. The van der Waals surface area contributed by atoms with Gasteiger partial charge in [-0.3, -0.25) is 14.7 Å². The van der Waals surface area contributed by atoms with Crippen molar-refractivity contribution < 1.29 is 14.3 Å². The summed E-state index contributed by atoms with van der Waals surface area (Å²) in [5, 5.41) is 3.00. The zero-order valence-electron chi connectivity index (χ0n) is 18.0. The topological polar surface area (TPSA) is 63.7 Å². The van der Waals surface area contributed by atoms with Crippen LogP contribution in [0.4, 0.5) is 5.69 Å². The van der Waals surface area contributed by atoms with E-state index in [0.717, 1.165) is 48.8 Å². The largest absolute Gasteiger partial charge is 0.493 e. The molecular formula is C26H25N3O3. The van der Waals surface area contributed by atoms with Crippen molar-refractivity contribution in [3.05, 3.63) is 88.8 Å². The summed E-state index contributed by atoms with van der Waals surface area (Å²) >= 11 is 0. The van der Waals surface area contributed by atoms with Crippen LogP contribution in [0.5, 0.6) is 11.5 Å². The first-order valence-corrected chi connectivity index (χ1v) is 10.7. The molecule has 1 aromatic heterocycles. The molecule has 2 aliphatic rings. The zero-order valence-corrected chi connectivity index (χ0v) is 18.0. The SMILES string of the molecule is COc1cccc2c1OCC(CN1CCc3ccc(NC(=O)c4ccncc4)cc3C1)=C2. The molecule has 0 spiro atoms. The van der Waals surface area contributed by atoms with Gasteiger partial charge in [0.2, 0.25) is 0 Å². The second-order valence-corrected chi connectivity index (χ2v) is 8.10. The molecule has 2 aromatic carbocycles. The molecule has 0 aliphatic carbocycles. The fourth-order valence-corrected chi connectivity index (χ4v) is 4.30. The van der Waals surface area contributed by atoms with Gasteiger partial charge >= 0.3 is 0 Å². The fourth-order valence-electron chi connectivity index (χ4n) is 4.30. The van der Waals surface area contributed by atoms with E-state index in [0.29, 0.717) is 12.2 Å². The van der Waals surface area contributed by atoms with Crippen molar-refractivity contribution in [1.29, 1.82) is 0 Å². The van der Waals surface area contributed by atoms with Gasteiger partial charge in [-0.1, -0.05) is 18.2 Å². The van der Waals surface area contributed by atoms with Crippen LogP contribution in [0.25, 0.3) is 6.08 Å². The molecule has 3 heterocycles. The number of carbonyl (C=O) groups is 1. The Kier molecular flexibility index (Phi) is 5.60. The van der Waals surface area contributed by atoms with Gasteiger partial charge in [0.05, 0.1) is 7.11 Å². The van der Waals surface area contributed by atoms with Crippen molar-refractivity contribution in [2.75, 3.05) is 32.1 Å². The predicted octanol–water partition coefficient (Wildman–Crippen LogP) is 4.18. The smallest absolute Gasteiger partial charge is 0.255 e. The highest BCUT2D eigenvalue weighted by Gasteiger charge is 2.21. The van der Waals surface area contributed by atoms with Gasteiger partial charge in [0.15, 0.2) is 11.5 Å². The lowest BCUT2D eigenvalue weighted by Gasteiger charge is -2.31. The number of methoxy groups -OCH3 is 1. The van der Waals surface area contributed by atoms with Crippen LogP contribution in [0.3, 0.4) is 0 Å². The van der Waals surface area contributed by atoms with E-state index in [1.165, 1.54) is 16.7 Å². The Morgan fingerprint density at radius 1 is 1.16 bits per heavy atom. The van der Waals surface area contributed by atoms with Gasteiger partial charge in [-0.05, 0) is 59.5 Å². The summed E-state index contributed by atoms with van der Waals surface area (Å²) in [5.41, 5.74) is 6.31. The number of benzene rings is 2. The van der Waals surface area contributed by atoms with Gasteiger partial charge in [-0.15, -0.1) is 0 Å². The maximum absolute atomic E-state index is 12.5. The van der Waals surface area contributed by atoms with Gasteiger partial charge in [-0.2, -0.15) is 0 Å². The van der Waals surface area contributed by atoms with Crippen molar-refractivity contribution in [2.45, 2.75) is 13.0 Å². The minimum absolute atomic E-state index is 0.126. The Morgan fingerprint density at radius 2 is 2.03 bits per heavy atom. The number of nitrogens with zero attached hydrogens (tertiary/aromatic N) is 2. The van der Waals surface area contributed by atoms with Crippen LogP contribution < -0.4 is 14.8 Å². The van der Waals surface area contributed by atoms with E-state index in [1.807, 2.05) is 18.2 Å². The van der Waals surface area contributed by atoms with Crippen molar-refractivity contribution in [3.8, 4) is 11.5 Å². The second-order valence-electron chi connectivity index (χ2n) is 8.10. The number of pyridine rings is 1. The Balaban J connectivity index is 1.28. The molecule has 1 amide bonds. The molecule has 0 radical (unpaired) electrons. The molecule has 5 rings (SSSR count). The highest BCUT2D eigenvalue weighted by atomic mass is 16.5. The van der Waals surface area contributed by atoms with Crippen molar-refractivity contribution >= 4 is 17.7 Å². The molecule has 3 aromatic rings. The van der Waals surface area contributed by atoms with Crippen molar-refractivity contribution in [3.63, 3.8) is 0 Å². The zero-order chi connectivity index (χ0) is 21.9. The Hall–Kier alpha value is -3.64. The molecule has 2 aliphatic heterocycles. The van der Waals surface area contributed by atoms with E-state index >= 15 is 0 Å². The molecule has 0 saturated carbocycles.